The van der Waals surface area contributed by atoms with Gasteiger partial charge in [0, 0.05) is 37.2 Å². The van der Waals surface area contributed by atoms with E-state index >= 15 is 0 Å². The maximum absolute atomic E-state index is 14.8. The number of hydrogen-bond donors (Lipinski definition) is 2. The number of nitrogens with one attached hydrogen (secondary N) is 2. The molecule has 1 unspecified atom stereocenters. The number of pyridine rings is 1. The van der Waals surface area contributed by atoms with Crippen LogP contribution in [0.4, 0.5) is 21.8 Å². The lowest BCUT2D eigenvalue weighted by Gasteiger charge is -2.29. The second-order valence-electron chi connectivity index (χ2n) is 8.97. The van der Waals surface area contributed by atoms with Gasteiger partial charge in [-0.3, -0.25) is 0 Å². The van der Waals surface area contributed by atoms with Gasteiger partial charge >= 0.3 is 0 Å². The molecule has 2 N–H and O–H groups in total. The van der Waals surface area contributed by atoms with Crippen molar-refractivity contribution < 1.29 is 4.39 Å². The monoisotopic (exact) mass is 444 g/mol. The summed E-state index contributed by atoms with van der Waals surface area (Å²) >= 11 is 0. The van der Waals surface area contributed by atoms with E-state index in [4.69, 9.17) is 0 Å². The van der Waals surface area contributed by atoms with E-state index in [2.05, 4.69) is 69.5 Å². The number of allylic oxidation sites excluding steroid dienone is 1. The third kappa shape index (κ3) is 3.97. The van der Waals surface area contributed by atoms with Gasteiger partial charge in [-0.1, -0.05) is 37.6 Å². The molecular formula is C26H29FN6. The van der Waals surface area contributed by atoms with Gasteiger partial charge in [-0.05, 0) is 42.7 Å². The van der Waals surface area contributed by atoms with Gasteiger partial charge in [0.25, 0.3) is 0 Å². The highest BCUT2D eigenvalue weighted by Gasteiger charge is 2.33. The standard InChI is InChI=1S/C26H29FN6/c1-4-26(3)17(2)13-18-5-6-19(14-21(18)26)24-22(27)16-30-25(32-24)31-23-8-7-20(15-29-23)33-11-9-28-10-12-33/h5-8,13-16,28H,4,9-12H2,1-3H3,(H,29,30,31,32). The third-order valence-corrected chi connectivity index (χ3v) is 7.08. The van der Waals surface area contributed by atoms with Gasteiger partial charge in [-0.2, -0.15) is 0 Å². The molecule has 0 amide bonds. The smallest absolute Gasteiger partial charge is 0.229 e. The highest BCUT2D eigenvalue weighted by atomic mass is 19.1. The lowest BCUT2D eigenvalue weighted by molar-refractivity contribution is 0.549. The zero-order chi connectivity index (χ0) is 23.0. The molecule has 5 rings (SSSR count). The van der Waals surface area contributed by atoms with Crippen molar-refractivity contribution in [3.05, 3.63) is 65.2 Å². The van der Waals surface area contributed by atoms with Crippen molar-refractivity contribution in [3.63, 3.8) is 0 Å². The lowest BCUT2D eigenvalue weighted by Crippen LogP contribution is -2.43. The Bertz CT molecular complexity index is 1200. The fraction of sp³-hybridized carbons (Fsp3) is 0.346. The molecule has 1 atom stereocenters. The zero-order valence-corrected chi connectivity index (χ0v) is 19.3. The Morgan fingerprint density at radius 2 is 1.94 bits per heavy atom. The minimum Gasteiger partial charge on any atom is -0.368 e. The highest BCUT2D eigenvalue weighted by molar-refractivity contribution is 5.74. The predicted molar refractivity (Wildman–Crippen MR) is 131 cm³/mol. The molecule has 6 nitrogen and oxygen atoms in total. The quantitative estimate of drug-likeness (QED) is 0.583. The first-order valence-corrected chi connectivity index (χ1v) is 11.5. The van der Waals surface area contributed by atoms with Gasteiger partial charge in [-0.15, -0.1) is 0 Å². The molecule has 170 valence electrons. The first kappa shape index (κ1) is 21.5. The summed E-state index contributed by atoms with van der Waals surface area (Å²) in [6, 6.07) is 9.99. The Kier molecular flexibility index (Phi) is 5.58. The summed E-state index contributed by atoms with van der Waals surface area (Å²) in [5.41, 5.74) is 5.84. The number of nitrogens with zero attached hydrogens (tertiary/aromatic N) is 4. The molecule has 1 aromatic carbocycles. The highest BCUT2D eigenvalue weighted by Crippen LogP contribution is 2.45. The van der Waals surface area contributed by atoms with E-state index in [9.17, 15) is 4.39 Å². The van der Waals surface area contributed by atoms with Crippen LogP contribution in [-0.4, -0.2) is 41.1 Å². The molecule has 3 aromatic rings. The van der Waals surface area contributed by atoms with Crippen molar-refractivity contribution in [2.24, 2.45) is 0 Å². The first-order chi connectivity index (χ1) is 16.0. The Morgan fingerprint density at radius 1 is 1.12 bits per heavy atom. The molecule has 0 spiro atoms. The Balaban J connectivity index is 1.40. The van der Waals surface area contributed by atoms with Crippen LogP contribution >= 0.6 is 0 Å². The first-order valence-electron chi connectivity index (χ1n) is 11.5. The minimum absolute atomic E-state index is 0.0357. The molecule has 33 heavy (non-hydrogen) atoms. The molecule has 1 saturated heterocycles. The van der Waals surface area contributed by atoms with Crippen LogP contribution in [0, 0.1) is 5.82 Å². The number of benzene rings is 1. The summed E-state index contributed by atoms with van der Waals surface area (Å²) in [5, 5.41) is 6.47. The van der Waals surface area contributed by atoms with Crippen LogP contribution in [0.5, 0.6) is 0 Å². The minimum atomic E-state index is -0.441. The maximum Gasteiger partial charge on any atom is 0.229 e. The SMILES string of the molecule is CCC1(C)C(C)=Cc2ccc(-c3nc(Nc4ccc(N5CCNCC5)cn4)ncc3F)cc21. The maximum atomic E-state index is 14.8. The number of aromatic nitrogens is 3. The van der Waals surface area contributed by atoms with E-state index in [1.807, 2.05) is 24.4 Å². The second kappa shape index (κ2) is 8.56. The van der Waals surface area contributed by atoms with E-state index in [0.717, 1.165) is 43.9 Å². The molecule has 1 aliphatic heterocycles. The van der Waals surface area contributed by atoms with Crippen molar-refractivity contribution in [1.82, 2.24) is 20.3 Å². The van der Waals surface area contributed by atoms with Crippen molar-refractivity contribution in [2.45, 2.75) is 32.6 Å². The largest absolute Gasteiger partial charge is 0.368 e. The van der Waals surface area contributed by atoms with E-state index in [1.54, 1.807) is 0 Å². The Hall–Kier alpha value is -3.32. The molecule has 0 saturated carbocycles. The van der Waals surface area contributed by atoms with Gasteiger partial charge in [-0.25, -0.2) is 19.3 Å². The van der Waals surface area contributed by atoms with Gasteiger partial charge < -0.3 is 15.5 Å². The summed E-state index contributed by atoms with van der Waals surface area (Å²) in [6.07, 6.45) is 6.27. The van der Waals surface area contributed by atoms with Crippen molar-refractivity contribution in [2.75, 3.05) is 36.4 Å². The van der Waals surface area contributed by atoms with Crippen LogP contribution in [0.15, 0.2) is 48.3 Å². The molecular weight excluding hydrogens is 415 g/mol. The van der Waals surface area contributed by atoms with Crippen LogP contribution in [0.3, 0.4) is 0 Å². The van der Waals surface area contributed by atoms with E-state index in [-0.39, 0.29) is 11.1 Å². The molecule has 1 aliphatic carbocycles. The van der Waals surface area contributed by atoms with Crippen LogP contribution in [0.2, 0.25) is 0 Å². The molecule has 3 heterocycles. The van der Waals surface area contributed by atoms with Crippen LogP contribution < -0.4 is 15.5 Å². The molecule has 7 heteroatoms. The molecule has 1 fully saturated rings. The topological polar surface area (TPSA) is 66.0 Å². The summed E-state index contributed by atoms with van der Waals surface area (Å²) in [5.74, 6) is 0.504. The summed E-state index contributed by atoms with van der Waals surface area (Å²) in [7, 11) is 0. The van der Waals surface area contributed by atoms with Crippen molar-refractivity contribution in [3.8, 4) is 11.3 Å². The fourth-order valence-electron chi connectivity index (χ4n) is 4.70. The van der Waals surface area contributed by atoms with Crippen LogP contribution in [-0.2, 0) is 5.41 Å². The zero-order valence-electron chi connectivity index (χ0n) is 19.3. The van der Waals surface area contributed by atoms with Crippen molar-refractivity contribution >= 4 is 23.5 Å². The van der Waals surface area contributed by atoms with Gasteiger partial charge in [0.05, 0.1) is 18.1 Å². The predicted octanol–water partition coefficient (Wildman–Crippen LogP) is 4.92. The van der Waals surface area contributed by atoms with E-state index in [1.165, 1.54) is 22.9 Å². The summed E-state index contributed by atoms with van der Waals surface area (Å²) < 4.78 is 14.8. The summed E-state index contributed by atoms with van der Waals surface area (Å²) in [6.45, 7) is 10.5. The number of halogens is 1. The van der Waals surface area contributed by atoms with E-state index in [0.29, 0.717) is 11.8 Å². The average molecular weight is 445 g/mol. The average Bonchev–Trinajstić information content (AvgIpc) is 3.11. The molecule has 2 aliphatic rings. The Labute approximate surface area is 194 Å². The van der Waals surface area contributed by atoms with Crippen molar-refractivity contribution in [1.29, 1.82) is 0 Å². The number of rotatable bonds is 5. The third-order valence-electron chi connectivity index (χ3n) is 7.08. The van der Waals surface area contributed by atoms with Gasteiger partial charge in [0.2, 0.25) is 5.95 Å². The second-order valence-corrected chi connectivity index (χ2v) is 8.97. The molecule has 0 bridgehead atoms. The lowest BCUT2D eigenvalue weighted by atomic mass is 9.77. The fourth-order valence-corrected chi connectivity index (χ4v) is 4.70. The number of piperazine rings is 1. The normalized spacial score (nSPS) is 19.9. The van der Waals surface area contributed by atoms with Gasteiger partial charge in [0.1, 0.15) is 11.5 Å². The molecule has 0 radical (unpaired) electrons. The summed E-state index contributed by atoms with van der Waals surface area (Å²) in [4.78, 5) is 15.4. The number of hydrogen-bond acceptors (Lipinski definition) is 6. The molecule has 2 aromatic heterocycles. The van der Waals surface area contributed by atoms with Gasteiger partial charge in [0.15, 0.2) is 5.82 Å². The van der Waals surface area contributed by atoms with E-state index < -0.39 is 5.82 Å². The Morgan fingerprint density at radius 3 is 2.67 bits per heavy atom. The number of fused-ring (bicyclic) bond motifs is 1. The number of anilines is 3. The van der Waals surface area contributed by atoms with Crippen LogP contribution in [0.1, 0.15) is 38.3 Å². The van der Waals surface area contributed by atoms with Crippen LogP contribution in [0.25, 0.3) is 17.3 Å².